The Balaban J connectivity index is 2.57. The van der Waals surface area contributed by atoms with Gasteiger partial charge in [-0.25, -0.2) is 0 Å². The summed E-state index contributed by atoms with van der Waals surface area (Å²) in [4.78, 5) is 46.6. The second-order valence-electron chi connectivity index (χ2n) is 5.58. The molecule has 0 atom stereocenters. The minimum atomic E-state index is -0.576. The van der Waals surface area contributed by atoms with Crippen molar-refractivity contribution < 1.29 is 33.4 Å². The van der Waals surface area contributed by atoms with Crippen LogP contribution in [0.3, 0.4) is 0 Å². The van der Waals surface area contributed by atoms with E-state index in [1.54, 1.807) is 0 Å². The number of ketones is 1. The van der Waals surface area contributed by atoms with Crippen molar-refractivity contribution in [1.82, 2.24) is 0 Å². The second kappa shape index (κ2) is 9.31. The molecule has 0 aliphatic heterocycles. The summed E-state index contributed by atoms with van der Waals surface area (Å²) in [5, 5.41) is 2.50. The number of amides is 1. The molecule has 0 radical (unpaired) electrons. The van der Waals surface area contributed by atoms with Crippen LogP contribution in [0.4, 0.5) is 5.69 Å². The maximum atomic E-state index is 13.1. The van der Waals surface area contributed by atoms with Gasteiger partial charge in [0, 0.05) is 16.7 Å². The summed E-state index contributed by atoms with van der Waals surface area (Å²) in [5.74, 6) is -0.175. The Morgan fingerprint density at radius 2 is 1.61 bits per heavy atom. The first-order chi connectivity index (χ1) is 13.5. The first-order valence-electron chi connectivity index (χ1n) is 8.16. The predicted molar refractivity (Wildman–Crippen MR) is 101 cm³/mol. The van der Waals surface area contributed by atoms with E-state index in [0.29, 0.717) is 18.3 Å². The molecule has 1 N–H and O–H groups in total. The normalized spacial score (nSPS) is 9.96. The SMILES string of the molecule is COc1cc(C(=O)c2cc(C=O)ccc2NC(=O)CC=O)cc(OC)c1OC. The van der Waals surface area contributed by atoms with Gasteiger partial charge in [-0.2, -0.15) is 0 Å². The van der Waals surface area contributed by atoms with Crippen LogP contribution < -0.4 is 19.5 Å². The summed E-state index contributed by atoms with van der Waals surface area (Å²) >= 11 is 0. The second-order valence-corrected chi connectivity index (χ2v) is 5.58. The maximum Gasteiger partial charge on any atom is 0.231 e. The molecule has 0 unspecified atom stereocenters. The van der Waals surface area contributed by atoms with Crippen molar-refractivity contribution in [1.29, 1.82) is 0 Å². The average molecular weight is 385 g/mol. The number of nitrogens with one attached hydrogen (secondary N) is 1. The van der Waals surface area contributed by atoms with Gasteiger partial charge in [-0.3, -0.25) is 14.4 Å². The van der Waals surface area contributed by atoms with Crippen LogP contribution in [0.1, 0.15) is 32.7 Å². The van der Waals surface area contributed by atoms with E-state index in [4.69, 9.17) is 14.2 Å². The summed E-state index contributed by atoms with van der Waals surface area (Å²) in [7, 11) is 4.28. The lowest BCUT2D eigenvalue weighted by atomic mass is 9.98. The Labute approximate surface area is 161 Å². The van der Waals surface area contributed by atoms with E-state index in [1.165, 1.54) is 51.7 Å². The van der Waals surface area contributed by atoms with Crippen LogP contribution in [0.5, 0.6) is 17.2 Å². The molecule has 0 spiro atoms. The van der Waals surface area contributed by atoms with Gasteiger partial charge in [0.1, 0.15) is 12.6 Å². The number of anilines is 1. The molecule has 2 rings (SSSR count). The third-order valence-electron chi connectivity index (χ3n) is 3.89. The van der Waals surface area contributed by atoms with Crippen LogP contribution in [0.15, 0.2) is 30.3 Å². The lowest BCUT2D eigenvalue weighted by Gasteiger charge is -2.15. The molecule has 0 aliphatic rings. The highest BCUT2D eigenvalue weighted by Gasteiger charge is 2.21. The molecule has 0 saturated carbocycles. The van der Waals surface area contributed by atoms with Gasteiger partial charge in [0.15, 0.2) is 17.3 Å². The molecular formula is C20H19NO7. The molecule has 0 heterocycles. The lowest BCUT2D eigenvalue weighted by Crippen LogP contribution is -2.15. The van der Waals surface area contributed by atoms with Crippen LogP contribution in [0.25, 0.3) is 0 Å². The van der Waals surface area contributed by atoms with Gasteiger partial charge in [-0.05, 0) is 30.3 Å². The van der Waals surface area contributed by atoms with E-state index in [0.717, 1.165) is 0 Å². The van der Waals surface area contributed by atoms with Crippen LogP contribution in [0.2, 0.25) is 0 Å². The smallest absolute Gasteiger partial charge is 0.231 e. The zero-order valence-electron chi connectivity index (χ0n) is 15.6. The van der Waals surface area contributed by atoms with Crippen molar-refractivity contribution in [2.45, 2.75) is 6.42 Å². The third kappa shape index (κ3) is 4.35. The van der Waals surface area contributed by atoms with Gasteiger partial charge in [-0.1, -0.05) is 0 Å². The van der Waals surface area contributed by atoms with Crippen molar-refractivity contribution in [3.8, 4) is 17.2 Å². The molecule has 8 nitrogen and oxygen atoms in total. The molecule has 0 aliphatic carbocycles. The van der Waals surface area contributed by atoms with E-state index < -0.39 is 11.7 Å². The molecule has 0 fully saturated rings. The fraction of sp³-hybridized carbons (Fsp3) is 0.200. The fourth-order valence-corrected chi connectivity index (χ4v) is 2.58. The summed E-state index contributed by atoms with van der Waals surface area (Å²) in [6, 6.07) is 7.17. The highest BCUT2D eigenvalue weighted by atomic mass is 16.5. The molecule has 0 saturated heterocycles. The summed E-state index contributed by atoms with van der Waals surface area (Å²) in [5.41, 5.74) is 0.710. The zero-order valence-corrected chi connectivity index (χ0v) is 15.6. The largest absolute Gasteiger partial charge is 0.493 e. The van der Waals surface area contributed by atoms with Gasteiger partial charge >= 0.3 is 0 Å². The Bertz CT molecular complexity index is 896. The van der Waals surface area contributed by atoms with E-state index >= 15 is 0 Å². The number of hydrogen-bond acceptors (Lipinski definition) is 7. The number of carbonyl (C=O) groups is 4. The first kappa shape index (κ1) is 20.6. The number of benzene rings is 2. The topological polar surface area (TPSA) is 108 Å². The zero-order chi connectivity index (χ0) is 20.7. The maximum absolute atomic E-state index is 13.1. The number of carbonyl (C=O) groups excluding carboxylic acids is 4. The number of hydrogen-bond donors (Lipinski definition) is 1. The molecule has 2 aromatic rings. The van der Waals surface area contributed by atoms with Crippen molar-refractivity contribution in [3.05, 3.63) is 47.0 Å². The molecular weight excluding hydrogens is 366 g/mol. The monoisotopic (exact) mass is 385 g/mol. The molecule has 0 aromatic heterocycles. The molecule has 0 bridgehead atoms. The minimum Gasteiger partial charge on any atom is -0.493 e. The highest BCUT2D eigenvalue weighted by molar-refractivity contribution is 6.15. The van der Waals surface area contributed by atoms with Crippen molar-refractivity contribution in [2.75, 3.05) is 26.6 Å². The lowest BCUT2D eigenvalue weighted by molar-refractivity contribution is -0.119. The van der Waals surface area contributed by atoms with E-state index in [9.17, 15) is 19.2 Å². The quantitative estimate of drug-likeness (QED) is 0.401. The Morgan fingerprint density at radius 3 is 2.11 bits per heavy atom. The van der Waals surface area contributed by atoms with E-state index in [2.05, 4.69) is 5.32 Å². The Morgan fingerprint density at radius 1 is 0.964 bits per heavy atom. The Hall–Kier alpha value is -3.68. The van der Waals surface area contributed by atoms with Gasteiger partial charge in [-0.15, -0.1) is 0 Å². The highest BCUT2D eigenvalue weighted by Crippen LogP contribution is 2.39. The Kier molecular flexibility index (Phi) is 6.86. The first-order valence-corrected chi connectivity index (χ1v) is 8.16. The van der Waals surface area contributed by atoms with E-state index in [-0.39, 0.29) is 40.3 Å². The number of rotatable bonds is 9. The van der Waals surface area contributed by atoms with Crippen molar-refractivity contribution in [3.63, 3.8) is 0 Å². The standard InChI is InChI=1S/C20H19NO7/c1-26-16-9-13(10-17(27-2)20(16)28-3)19(25)14-8-12(11-23)4-5-15(14)21-18(24)6-7-22/h4-5,7-11H,6H2,1-3H3,(H,21,24). The van der Waals surface area contributed by atoms with Crippen LogP contribution in [-0.4, -0.2) is 45.6 Å². The summed E-state index contributed by atoms with van der Waals surface area (Å²) in [6.45, 7) is 0. The van der Waals surface area contributed by atoms with Gasteiger partial charge in [0.2, 0.25) is 11.7 Å². The fourth-order valence-electron chi connectivity index (χ4n) is 2.58. The minimum absolute atomic E-state index is 0.0816. The van der Waals surface area contributed by atoms with E-state index in [1.807, 2.05) is 0 Å². The number of ether oxygens (including phenoxy) is 3. The van der Waals surface area contributed by atoms with Crippen molar-refractivity contribution in [2.24, 2.45) is 0 Å². The third-order valence-corrected chi connectivity index (χ3v) is 3.89. The predicted octanol–water partition coefficient (Wildman–Crippen LogP) is 2.28. The molecule has 8 heteroatoms. The average Bonchev–Trinajstić information content (AvgIpc) is 2.72. The summed E-state index contributed by atoms with van der Waals surface area (Å²) < 4.78 is 15.8. The van der Waals surface area contributed by atoms with Crippen LogP contribution >= 0.6 is 0 Å². The van der Waals surface area contributed by atoms with Gasteiger partial charge < -0.3 is 24.3 Å². The molecule has 28 heavy (non-hydrogen) atoms. The molecule has 1 amide bonds. The van der Waals surface area contributed by atoms with Crippen LogP contribution in [0, 0.1) is 0 Å². The molecule has 146 valence electrons. The number of methoxy groups -OCH3 is 3. The summed E-state index contributed by atoms with van der Waals surface area (Å²) in [6.07, 6.45) is 0.687. The molecule has 2 aromatic carbocycles. The van der Waals surface area contributed by atoms with Crippen molar-refractivity contribution >= 4 is 30.0 Å². The van der Waals surface area contributed by atoms with Gasteiger partial charge in [0.05, 0.1) is 33.4 Å². The van der Waals surface area contributed by atoms with Crippen LogP contribution in [-0.2, 0) is 9.59 Å². The number of aldehydes is 2. The van der Waals surface area contributed by atoms with Gasteiger partial charge in [0.25, 0.3) is 0 Å².